The highest BCUT2D eigenvalue weighted by Gasteiger charge is 2.43. The molecule has 1 aromatic carbocycles. The summed E-state index contributed by atoms with van der Waals surface area (Å²) in [6.07, 6.45) is 0. The molecule has 0 spiro atoms. The Kier molecular flexibility index (Phi) is 6.80. The van der Waals surface area contributed by atoms with Crippen molar-refractivity contribution in [3.05, 3.63) is 29.6 Å². The first-order valence-corrected chi connectivity index (χ1v) is 11.5. The fourth-order valence-corrected chi connectivity index (χ4v) is 5.53. The maximum absolute atomic E-state index is 13.3. The molecule has 1 saturated heterocycles. The van der Waals surface area contributed by atoms with Gasteiger partial charge in [0.1, 0.15) is 11.1 Å². The number of benzene rings is 1. The minimum absolute atomic E-state index is 0.0451. The molecule has 2 atom stereocenters. The number of ether oxygens (including phenoxy) is 2. The Morgan fingerprint density at radius 2 is 2.03 bits per heavy atom. The van der Waals surface area contributed by atoms with Crippen LogP contribution in [0.3, 0.4) is 0 Å². The minimum atomic E-state index is -0.345. The van der Waals surface area contributed by atoms with Crippen LogP contribution in [0.2, 0.25) is 0 Å². The summed E-state index contributed by atoms with van der Waals surface area (Å²) in [5.74, 6) is 1.91. The van der Waals surface area contributed by atoms with Crippen molar-refractivity contribution >= 4 is 17.7 Å². The van der Waals surface area contributed by atoms with Crippen LogP contribution in [-0.2, 0) is 0 Å². The SMILES string of the molecule is CCOc1ccc(C(C2Sc3nc(C)nn3C2=O)N2CCN(CCO)CC2)cc1OC. The van der Waals surface area contributed by atoms with E-state index in [1.165, 1.54) is 16.4 Å². The smallest absolute Gasteiger partial charge is 0.264 e. The highest BCUT2D eigenvalue weighted by atomic mass is 32.2. The van der Waals surface area contributed by atoms with Gasteiger partial charge in [-0.25, -0.2) is 4.98 Å². The van der Waals surface area contributed by atoms with Crippen LogP contribution in [0, 0.1) is 6.92 Å². The topological polar surface area (TPSA) is 93.0 Å². The van der Waals surface area contributed by atoms with Gasteiger partial charge < -0.3 is 14.6 Å². The first kappa shape index (κ1) is 22.1. The Morgan fingerprint density at radius 1 is 1.26 bits per heavy atom. The molecule has 1 fully saturated rings. The second-order valence-electron chi connectivity index (χ2n) is 7.62. The van der Waals surface area contributed by atoms with Gasteiger partial charge >= 0.3 is 0 Å². The quantitative estimate of drug-likeness (QED) is 0.645. The normalized spacial score (nSPS) is 20.6. The molecule has 31 heavy (non-hydrogen) atoms. The molecule has 1 aromatic heterocycles. The van der Waals surface area contributed by atoms with Gasteiger partial charge in [0.15, 0.2) is 16.7 Å². The number of aliphatic hydroxyl groups is 1. The number of thioether (sulfide) groups is 1. The van der Waals surface area contributed by atoms with E-state index in [0.717, 1.165) is 31.7 Å². The van der Waals surface area contributed by atoms with Gasteiger partial charge in [0.25, 0.3) is 5.91 Å². The summed E-state index contributed by atoms with van der Waals surface area (Å²) in [7, 11) is 1.63. The summed E-state index contributed by atoms with van der Waals surface area (Å²) in [4.78, 5) is 22.3. The highest BCUT2D eigenvalue weighted by molar-refractivity contribution is 8.00. The average molecular weight is 448 g/mol. The van der Waals surface area contributed by atoms with E-state index < -0.39 is 0 Å². The van der Waals surface area contributed by atoms with Crippen molar-refractivity contribution in [2.45, 2.75) is 30.3 Å². The van der Waals surface area contributed by atoms with E-state index >= 15 is 0 Å². The summed E-state index contributed by atoms with van der Waals surface area (Å²) in [5.41, 5.74) is 1.00. The lowest BCUT2D eigenvalue weighted by Gasteiger charge is -2.40. The molecule has 0 saturated carbocycles. The van der Waals surface area contributed by atoms with Crippen molar-refractivity contribution in [3.63, 3.8) is 0 Å². The number of nitrogens with zero attached hydrogens (tertiary/aromatic N) is 5. The number of hydrogen-bond acceptors (Lipinski definition) is 9. The van der Waals surface area contributed by atoms with Gasteiger partial charge in [0.05, 0.1) is 26.4 Å². The number of β-amino-alcohol motifs (C(OH)–C–C–N with tert-alkyl or cyclic N) is 1. The zero-order chi connectivity index (χ0) is 22.0. The lowest BCUT2D eigenvalue weighted by molar-refractivity contribution is 0.0688. The molecular formula is C21H29N5O4S. The third-order valence-electron chi connectivity index (χ3n) is 5.70. The summed E-state index contributed by atoms with van der Waals surface area (Å²) in [6, 6.07) is 5.76. The molecular weight excluding hydrogens is 418 g/mol. The lowest BCUT2D eigenvalue weighted by Crippen LogP contribution is -2.51. The molecule has 2 aliphatic rings. The predicted octanol–water partition coefficient (Wildman–Crippen LogP) is 1.46. The zero-order valence-corrected chi connectivity index (χ0v) is 19.0. The highest BCUT2D eigenvalue weighted by Crippen LogP contribution is 2.43. The molecule has 4 rings (SSSR count). The zero-order valence-electron chi connectivity index (χ0n) is 18.2. The van der Waals surface area contributed by atoms with Crippen molar-refractivity contribution < 1.29 is 19.4 Å². The van der Waals surface area contributed by atoms with E-state index in [2.05, 4.69) is 19.9 Å². The number of aryl methyl sites for hydroxylation is 1. The van der Waals surface area contributed by atoms with Crippen LogP contribution >= 0.6 is 11.8 Å². The minimum Gasteiger partial charge on any atom is -0.493 e. The van der Waals surface area contributed by atoms with E-state index in [-0.39, 0.29) is 23.8 Å². The number of carbonyl (C=O) groups is 1. The monoisotopic (exact) mass is 447 g/mol. The van der Waals surface area contributed by atoms with E-state index in [0.29, 0.717) is 35.6 Å². The van der Waals surface area contributed by atoms with Crippen LogP contribution in [0.5, 0.6) is 11.5 Å². The maximum atomic E-state index is 13.3. The summed E-state index contributed by atoms with van der Waals surface area (Å²) < 4.78 is 12.7. The fraction of sp³-hybridized carbons (Fsp3) is 0.571. The van der Waals surface area contributed by atoms with Crippen LogP contribution in [0.1, 0.15) is 29.1 Å². The number of fused-ring (bicyclic) bond motifs is 1. The first-order chi connectivity index (χ1) is 15.0. The Balaban J connectivity index is 1.65. The third-order valence-corrected chi connectivity index (χ3v) is 6.89. The van der Waals surface area contributed by atoms with Gasteiger partial charge in [-0.3, -0.25) is 14.6 Å². The number of methoxy groups -OCH3 is 1. The van der Waals surface area contributed by atoms with Gasteiger partial charge in [-0.2, -0.15) is 4.68 Å². The molecule has 10 heteroatoms. The van der Waals surface area contributed by atoms with Crippen molar-refractivity contribution in [1.82, 2.24) is 24.6 Å². The second-order valence-corrected chi connectivity index (χ2v) is 8.73. The number of piperazine rings is 1. The molecule has 0 amide bonds. The molecule has 0 aliphatic carbocycles. The molecule has 168 valence electrons. The molecule has 3 heterocycles. The Labute approximate surface area is 186 Å². The van der Waals surface area contributed by atoms with Gasteiger partial charge in [0, 0.05) is 32.7 Å². The number of aromatic nitrogens is 3. The van der Waals surface area contributed by atoms with Crippen molar-refractivity contribution in [2.24, 2.45) is 0 Å². The van der Waals surface area contributed by atoms with E-state index in [9.17, 15) is 9.90 Å². The molecule has 2 unspecified atom stereocenters. The number of aliphatic hydroxyl groups excluding tert-OH is 1. The van der Waals surface area contributed by atoms with Crippen LogP contribution in [0.25, 0.3) is 0 Å². The third kappa shape index (κ3) is 4.43. The van der Waals surface area contributed by atoms with Crippen molar-refractivity contribution in [1.29, 1.82) is 0 Å². The van der Waals surface area contributed by atoms with Gasteiger partial charge in [-0.1, -0.05) is 17.8 Å². The van der Waals surface area contributed by atoms with Crippen LogP contribution in [0.4, 0.5) is 0 Å². The molecule has 2 aliphatic heterocycles. The first-order valence-electron chi connectivity index (χ1n) is 10.6. The van der Waals surface area contributed by atoms with Gasteiger partial charge in [0.2, 0.25) is 0 Å². The van der Waals surface area contributed by atoms with E-state index in [4.69, 9.17) is 9.47 Å². The summed E-state index contributed by atoms with van der Waals surface area (Å²) in [5, 5.41) is 13.9. The Morgan fingerprint density at radius 3 is 2.68 bits per heavy atom. The molecule has 2 aromatic rings. The largest absolute Gasteiger partial charge is 0.493 e. The molecule has 1 N–H and O–H groups in total. The predicted molar refractivity (Wildman–Crippen MR) is 117 cm³/mol. The van der Waals surface area contributed by atoms with Crippen LogP contribution in [0.15, 0.2) is 23.4 Å². The van der Waals surface area contributed by atoms with Crippen molar-refractivity contribution in [3.8, 4) is 11.5 Å². The number of rotatable bonds is 8. The summed E-state index contributed by atoms with van der Waals surface area (Å²) in [6.45, 7) is 8.41. The van der Waals surface area contributed by atoms with Gasteiger partial charge in [-0.05, 0) is 31.5 Å². The van der Waals surface area contributed by atoms with Gasteiger partial charge in [-0.15, -0.1) is 5.10 Å². The average Bonchev–Trinajstić information content (AvgIpc) is 3.28. The Hall–Kier alpha value is -2.14. The molecule has 0 bridgehead atoms. The number of carbonyl (C=O) groups excluding carboxylic acids is 1. The molecule has 9 nitrogen and oxygen atoms in total. The lowest BCUT2D eigenvalue weighted by atomic mass is 9.99. The summed E-state index contributed by atoms with van der Waals surface area (Å²) >= 11 is 1.47. The Bertz CT molecular complexity index is 928. The van der Waals surface area contributed by atoms with Crippen LogP contribution < -0.4 is 9.47 Å². The van der Waals surface area contributed by atoms with E-state index in [1.807, 2.05) is 25.1 Å². The number of hydrogen-bond donors (Lipinski definition) is 1. The standard InChI is InChI=1S/C21H29N5O4S/c1-4-30-16-6-5-15(13-17(16)29-3)18(25-9-7-24(8-10-25)11-12-27)19-20(28)26-21(31-19)22-14(2)23-26/h5-6,13,18-19,27H,4,7-12H2,1-3H3. The van der Waals surface area contributed by atoms with E-state index in [1.54, 1.807) is 14.0 Å². The maximum Gasteiger partial charge on any atom is 0.264 e. The fourth-order valence-electron chi connectivity index (χ4n) is 4.23. The van der Waals surface area contributed by atoms with Crippen molar-refractivity contribution in [2.75, 3.05) is 53.0 Å². The molecule has 0 radical (unpaired) electrons. The second kappa shape index (κ2) is 9.56. The van der Waals surface area contributed by atoms with Crippen LogP contribution in [-0.4, -0.2) is 93.9 Å².